The van der Waals surface area contributed by atoms with Gasteiger partial charge in [-0.25, -0.2) is 4.99 Å². The number of amides is 1. The van der Waals surface area contributed by atoms with Crippen molar-refractivity contribution >= 4 is 17.6 Å². The molecular weight excluding hydrogens is 366 g/mol. The Morgan fingerprint density at radius 1 is 1.17 bits per heavy atom. The number of guanidine groups is 1. The molecule has 2 rings (SSSR count). The zero-order chi connectivity index (χ0) is 21.2. The van der Waals surface area contributed by atoms with Crippen LogP contribution >= 0.6 is 0 Å². The van der Waals surface area contributed by atoms with Gasteiger partial charge in [-0.05, 0) is 50.5 Å². The number of carbonyl (C=O) groups is 1. The fraction of sp³-hybridized carbons (Fsp3) is 0.636. The number of aliphatic imine (C=N–C) groups is 1. The maximum absolute atomic E-state index is 12.0. The molecule has 0 atom stereocenters. The van der Waals surface area contributed by atoms with E-state index in [1.807, 2.05) is 6.92 Å². The van der Waals surface area contributed by atoms with Crippen molar-refractivity contribution in [1.82, 2.24) is 15.1 Å². The lowest BCUT2D eigenvalue weighted by atomic mass is 10.1. The first kappa shape index (κ1) is 23.0. The number of hydrogen-bond donors (Lipinski definition) is 1. The number of nitrogens with zero attached hydrogens (tertiary/aromatic N) is 4. The molecule has 0 saturated carbocycles. The van der Waals surface area contributed by atoms with E-state index in [1.165, 1.54) is 16.8 Å². The minimum Gasteiger partial charge on any atom is -0.382 e. The van der Waals surface area contributed by atoms with E-state index >= 15 is 0 Å². The lowest BCUT2D eigenvalue weighted by Crippen LogP contribution is -2.53. The van der Waals surface area contributed by atoms with Crippen molar-refractivity contribution in [3.8, 4) is 0 Å². The number of nitrogens with one attached hydrogen (secondary N) is 1. The van der Waals surface area contributed by atoms with Crippen molar-refractivity contribution in [2.75, 3.05) is 71.5 Å². The molecule has 0 aliphatic carbocycles. The molecule has 0 bridgehead atoms. The quantitative estimate of drug-likeness (QED) is 0.408. The number of likely N-dealkylation sites (N-methyl/N-ethyl adjacent to an activating group) is 1. The number of hydrogen-bond acceptors (Lipinski definition) is 4. The van der Waals surface area contributed by atoms with Crippen molar-refractivity contribution in [1.29, 1.82) is 0 Å². The largest absolute Gasteiger partial charge is 0.382 e. The lowest BCUT2D eigenvalue weighted by Gasteiger charge is -2.38. The average Bonchev–Trinajstić information content (AvgIpc) is 2.72. The van der Waals surface area contributed by atoms with E-state index in [1.54, 1.807) is 19.0 Å². The minimum atomic E-state index is 0.00684. The van der Waals surface area contributed by atoms with E-state index in [-0.39, 0.29) is 12.5 Å². The van der Waals surface area contributed by atoms with Crippen molar-refractivity contribution in [3.05, 3.63) is 29.3 Å². The van der Waals surface area contributed by atoms with Crippen LogP contribution in [-0.2, 0) is 9.53 Å². The summed E-state index contributed by atoms with van der Waals surface area (Å²) in [7, 11) is 3.52. The number of anilines is 1. The fourth-order valence-corrected chi connectivity index (χ4v) is 3.17. The highest BCUT2D eigenvalue weighted by atomic mass is 16.5. The zero-order valence-corrected chi connectivity index (χ0v) is 18.7. The van der Waals surface area contributed by atoms with Gasteiger partial charge in [0.05, 0.1) is 0 Å². The van der Waals surface area contributed by atoms with Gasteiger partial charge in [-0.3, -0.25) is 4.79 Å². The lowest BCUT2D eigenvalue weighted by molar-refractivity contribution is -0.127. The van der Waals surface area contributed by atoms with Crippen LogP contribution < -0.4 is 10.2 Å². The smallest absolute Gasteiger partial charge is 0.243 e. The van der Waals surface area contributed by atoms with Crippen molar-refractivity contribution < 1.29 is 9.53 Å². The molecule has 7 nitrogen and oxygen atoms in total. The molecule has 1 saturated heterocycles. The van der Waals surface area contributed by atoms with Crippen molar-refractivity contribution in [2.24, 2.45) is 4.99 Å². The summed E-state index contributed by atoms with van der Waals surface area (Å²) in [5.74, 6) is 0.823. The van der Waals surface area contributed by atoms with Gasteiger partial charge in [-0.2, -0.15) is 0 Å². The van der Waals surface area contributed by atoms with E-state index in [4.69, 9.17) is 4.74 Å². The normalized spacial score (nSPS) is 14.9. The van der Waals surface area contributed by atoms with Gasteiger partial charge in [0.2, 0.25) is 5.91 Å². The highest BCUT2D eigenvalue weighted by molar-refractivity contribution is 5.85. The number of ether oxygens (including phenoxy) is 1. The predicted octanol–water partition coefficient (Wildman–Crippen LogP) is 1.89. The molecule has 1 N–H and O–H groups in total. The maximum Gasteiger partial charge on any atom is 0.243 e. The summed E-state index contributed by atoms with van der Waals surface area (Å²) < 4.78 is 5.41. The van der Waals surface area contributed by atoms with Gasteiger partial charge in [-0.1, -0.05) is 6.07 Å². The molecule has 1 aromatic rings. The summed E-state index contributed by atoms with van der Waals surface area (Å²) in [6.45, 7) is 12.3. The standard InChI is InChI=1S/C22H37N5O2/c1-6-29-15-7-10-23-22(24-17-21(28)25(4)5)27-13-11-26(12-14-27)20-9-8-18(2)19(3)16-20/h8-9,16H,6-7,10-15,17H2,1-5H3,(H,23,24). The summed E-state index contributed by atoms with van der Waals surface area (Å²) >= 11 is 0. The predicted molar refractivity (Wildman–Crippen MR) is 120 cm³/mol. The molecule has 1 heterocycles. The second-order valence-corrected chi connectivity index (χ2v) is 7.65. The Labute approximate surface area is 175 Å². The van der Waals surface area contributed by atoms with E-state index in [0.29, 0.717) is 0 Å². The van der Waals surface area contributed by atoms with E-state index < -0.39 is 0 Å². The number of rotatable bonds is 8. The highest BCUT2D eigenvalue weighted by Gasteiger charge is 2.20. The summed E-state index contributed by atoms with van der Waals surface area (Å²) in [6.07, 6.45) is 0.914. The Hall–Kier alpha value is -2.28. The maximum atomic E-state index is 12.0. The first-order valence-corrected chi connectivity index (χ1v) is 10.6. The van der Waals surface area contributed by atoms with Gasteiger partial charge in [0.25, 0.3) is 0 Å². The third-order valence-electron chi connectivity index (χ3n) is 5.25. The van der Waals surface area contributed by atoms with Gasteiger partial charge >= 0.3 is 0 Å². The van der Waals surface area contributed by atoms with Crippen LogP contribution in [0, 0.1) is 13.8 Å². The van der Waals surface area contributed by atoms with Gasteiger partial charge < -0.3 is 24.8 Å². The molecule has 7 heteroatoms. The molecule has 0 spiro atoms. The zero-order valence-electron chi connectivity index (χ0n) is 18.7. The topological polar surface area (TPSA) is 60.4 Å². The van der Waals surface area contributed by atoms with E-state index in [2.05, 4.69) is 52.2 Å². The first-order valence-electron chi connectivity index (χ1n) is 10.6. The molecule has 0 unspecified atom stereocenters. The van der Waals surface area contributed by atoms with Crippen LogP contribution in [-0.4, -0.2) is 88.2 Å². The third kappa shape index (κ3) is 7.24. The molecule has 1 amide bonds. The highest BCUT2D eigenvalue weighted by Crippen LogP contribution is 2.20. The van der Waals surface area contributed by atoms with Crippen LogP contribution in [0.25, 0.3) is 0 Å². The third-order valence-corrected chi connectivity index (χ3v) is 5.25. The average molecular weight is 404 g/mol. The second kappa shape index (κ2) is 11.7. The van der Waals surface area contributed by atoms with Crippen LogP contribution in [0.15, 0.2) is 23.2 Å². The Morgan fingerprint density at radius 3 is 2.52 bits per heavy atom. The van der Waals surface area contributed by atoms with Crippen molar-refractivity contribution in [2.45, 2.75) is 27.2 Å². The molecule has 1 aliphatic heterocycles. The van der Waals surface area contributed by atoms with Gasteiger partial charge in [-0.15, -0.1) is 0 Å². The Morgan fingerprint density at radius 2 is 1.90 bits per heavy atom. The Kier molecular flexibility index (Phi) is 9.25. The summed E-state index contributed by atoms with van der Waals surface area (Å²) in [6, 6.07) is 6.66. The molecule has 1 aromatic carbocycles. The monoisotopic (exact) mass is 403 g/mol. The van der Waals surface area contributed by atoms with Gasteiger partial charge in [0, 0.05) is 65.7 Å². The van der Waals surface area contributed by atoms with Crippen LogP contribution in [0.5, 0.6) is 0 Å². The van der Waals surface area contributed by atoms with E-state index in [9.17, 15) is 4.79 Å². The summed E-state index contributed by atoms with van der Waals surface area (Å²) in [4.78, 5) is 22.8. The van der Waals surface area contributed by atoms with Gasteiger partial charge in [0.15, 0.2) is 5.96 Å². The second-order valence-electron chi connectivity index (χ2n) is 7.65. The fourth-order valence-electron chi connectivity index (χ4n) is 3.17. The number of aryl methyl sites for hydroxylation is 2. The molecule has 0 aromatic heterocycles. The Bertz CT molecular complexity index is 682. The Balaban J connectivity index is 1.96. The number of piperazine rings is 1. The van der Waals surface area contributed by atoms with Gasteiger partial charge in [0.1, 0.15) is 6.54 Å². The summed E-state index contributed by atoms with van der Waals surface area (Å²) in [5, 5.41) is 3.42. The van der Waals surface area contributed by atoms with Crippen LogP contribution in [0.3, 0.4) is 0 Å². The molecule has 29 heavy (non-hydrogen) atoms. The van der Waals surface area contributed by atoms with E-state index in [0.717, 1.165) is 58.3 Å². The molecule has 162 valence electrons. The number of carbonyl (C=O) groups excluding carboxylic acids is 1. The molecule has 1 aliphatic rings. The summed E-state index contributed by atoms with van der Waals surface area (Å²) in [5.41, 5.74) is 3.92. The van der Waals surface area contributed by atoms with Crippen molar-refractivity contribution in [3.63, 3.8) is 0 Å². The SMILES string of the molecule is CCOCCCNC(=NCC(=O)N(C)C)N1CCN(c2ccc(C)c(C)c2)CC1. The van der Waals surface area contributed by atoms with Crippen LogP contribution in [0.4, 0.5) is 5.69 Å². The molecular formula is C22H37N5O2. The van der Waals surface area contributed by atoms with Crippen LogP contribution in [0.2, 0.25) is 0 Å². The van der Waals surface area contributed by atoms with Crippen LogP contribution in [0.1, 0.15) is 24.5 Å². The molecule has 0 radical (unpaired) electrons. The molecule has 1 fully saturated rings. The minimum absolute atomic E-state index is 0.00684. The first-order chi connectivity index (χ1) is 13.9. The number of benzene rings is 1.